The second kappa shape index (κ2) is 6.05. The Bertz CT molecular complexity index is 702. The van der Waals surface area contributed by atoms with Gasteiger partial charge in [-0.15, -0.1) is 0 Å². The molecule has 1 amide bonds. The zero-order valence-electron chi connectivity index (χ0n) is 11.7. The largest absolute Gasteiger partial charge is 0.357 e. The standard InChI is InChI=1S/C15H14F2N4O/c16-11-4-3-10(7-12(11)17)20-15(22)13-8-14(19-9-18-13)21-5-1-2-6-21/h3-4,7-9H,1-2,5-6H2,(H,20,22). The van der Waals surface area contributed by atoms with Crippen LogP contribution in [0.25, 0.3) is 0 Å². The molecule has 1 aliphatic rings. The molecule has 0 aliphatic carbocycles. The van der Waals surface area contributed by atoms with E-state index in [0.717, 1.165) is 38.1 Å². The van der Waals surface area contributed by atoms with Crippen LogP contribution in [0.15, 0.2) is 30.6 Å². The van der Waals surface area contributed by atoms with Crippen LogP contribution in [0.5, 0.6) is 0 Å². The lowest BCUT2D eigenvalue weighted by molar-refractivity contribution is 0.102. The fourth-order valence-electron chi connectivity index (χ4n) is 2.36. The van der Waals surface area contributed by atoms with Crippen molar-refractivity contribution in [2.75, 3.05) is 23.3 Å². The van der Waals surface area contributed by atoms with Gasteiger partial charge >= 0.3 is 0 Å². The maximum Gasteiger partial charge on any atom is 0.274 e. The van der Waals surface area contributed by atoms with Crippen molar-refractivity contribution in [3.63, 3.8) is 0 Å². The summed E-state index contributed by atoms with van der Waals surface area (Å²) < 4.78 is 26.0. The molecule has 2 aromatic rings. The van der Waals surface area contributed by atoms with E-state index in [4.69, 9.17) is 0 Å². The van der Waals surface area contributed by atoms with Gasteiger partial charge in [0.25, 0.3) is 5.91 Å². The molecule has 1 aromatic heterocycles. The number of amides is 1. The molecule has 5 nitrogen and oxygen atoms in total. The fraction of sp³-hybridized carbons (Fsp3) is 0.267. The van der Waals surface area contributed by atoms with E-state index in [1.54, 1.807) is 6.07 Å². The monoisotopic (exact) mass is 304 g/mol. The van der Waals surface area contributed by atoms with Gasteiger partial charge in [-0.2, -0.15) is 0 Å². The maximum absolute atomic E-state index is 13.1. The predicted octanol–water partition coefficient (Wildman–Crippen LogP) is 2.61. The summed E-state index contributed by atoms with van der Waals surface area (Å²) in [7, 11) is 0. The number of aromatic nitrogens is 2. The van der Waals surface area contributed by atoms with Gasteiger partial charge in [0.1, 0.15) is 17.8 Å². The van der Waals surface area contributed by atoms with Crippen molar-refractivity contribution in [3.8, 4) is 0 Å². The first kappa shape index (κ1) is 14.4. The summed E-state index contributed by atoms with van der Waals surface area (Å²) in [5, 5.41) is 2.49. The highest BCUT2D eigenvalue weighted by Gasteiger charge is 2.16. The number of hydrogen-bond acceptors (Lipinski definition) is 4. The van der Waals surface area contributed by atoms with Crippen LogP contribution < -0.4 is 10.2 Å². The van der Waals surface area contributed by atoms with Crippen molar-refractivity contribution in [3.05, 3.63) is 47.9 Å². The van der Waals surface area contributed by atoms with Gasteiger partial charge in [-0.25, -0.2) is 18.7 Å². The van der Waals surface area contributed by atoms with Crippen LogP contribution in [-0.2, 0) is 0 Å². The quantitative estimate of drug-likeness (QED) is 0.947. The smallest absolute Gasteiger partial charge is 0.274 e. The van der Waals surface area contributed by atoms with E-state index in [9.17, 15) is 13.6 Å². The van der Waals surface area contributed by atoms with E-state index < -0.39 is 17.5 Å². The number of nitrogens with one attached hydrogen (secondary N) is 1. The van der Waals surface area contributed by atoms with Crippen LogP contribution >= 0.6 is 0 Å². The molecule has 114 valence electrons. The highest BCUT2D eigenvalue weighted by atomic mass is 19.2. The van der Waals surface area contributed by atoms with Crippen LogP contribution in [0.1, 0.15) is 23.3 Å². The van der Waals surface area contributed by atoms with Crippen LogP contribution in [0, 0.1) is 11.6 Å². The zero-order valence-corrected chi connectivity index (χ0v) is 11.7. The molecule has 1 aliphatic heterocycles. The lowest BCUT2D eigenvalue weighted by atomic mass is 10.2. The van der Waals surface area contributed by atoms with E-state index in [1.165, 1.54) is 12.4 Å². The average Bonchev–Trinajstić information content (AvgIpc) is 3.05. The minimum absolute atomic E-state index is 0.172. The molecule has 2 heterocycles. The molecule has 0 atom stereocenters. The summed E-state index contributed by atoms with van der Waals surface area (Å²) in [5.41, 5.74) is 0.354. The molecule has 3 rings (SSSR count). The van der Waals surface area contributed by atoms with Crippen molar-refractivity contribution < 1.29 is 13.6 Å². The van der Waals surface area contributed by atoms with Gasteiger partial charge in [-0.3, -0.25) is 4.79 Å². The molecule has 1 N–H and O–H groups in total. The summed E-state index contributed by atoms with van der Waals surface area (Å²) >= 11 is 0. The normalized spacial score (nSPS) is 14.2. The number of rotatable bonds is 3. The van der Waals surface area contributed by atoms with Crippen molar-refractivity contribution in [1.29, 1.82) is 0 Å². The summed E-state index contributed by atoms with van der Waals surface area (Å²) in [6.45, 7) is 1.81. The van der Waals surface area contributed by atoms with Crippen molar-refractivity contribution in [1.82, 2.24) is 9.97 Å². The van der Waals surface area contributed by atoms with Gasteiger partial charge < -0.3 is 10.2 Å². The van der Waals surface area contributed by atoms with Crippen LogP contribution in [-0.4, -0.2) is 29.0 Å². The molecule has 0 unspecified atom stereocenters. The average molecular weight is 304 g/mol. The van der Waals surface area contributed by atoms with Crippen LogP contribution in [0.2, 0.25) is 0 Å². The summed E-state index contributed by atoms with van der Waals surface area (Å²) in [6.07, 6.45) is 3.52. The highest BCUT2D eigenvalue weighted by Crippen LogP contribution is 2.18. The Balaban J connectivity index is 1.76. The molecule has 7 heteroatoms. The number of hydrogen-bond donors (Lipinski definition) is 1. The molecule has 0 spiro atoms. The Morgan fingerprint density at radius 3 is 2.59 bits per heavy atom. The first-order valence-electron chi connectivity index (χ1n) is 6.97. The third-order valence-electron chi connectivity index (χ3n) is 3.49. The number of nitrogens with zero attached hydrogens (tertiary/aromatic N) is 3. The van der Waals surface area contributed by atoms with Crippen LogP contribution in [0.4, 0.5) is 20.3 Å². The Morgan fingerprint density at radius 2 is 1.86 bits per heavy atom. The van der Waals surface area contributed by atoms with Gasteiger partial charge in [0, 0.05) is 30.9 Å². The van der Waals surface area contributed by atoms with E-state index in [-0.39, 0.29) is 11.4 Å². The molecular weight excluding hydrogens is 290 g/mol. The molecular formula is C15H14F2N4O. The van der Waals surface area contributed by atoms with Gasteiger partial charge in [-0.05, 0) is 25.0 Å². The van der Waals surface area contributed by atoms with Gasteiger partial charge in [0.15, 0.2) is 11.6 Å². The second-order valence-corrected chi connectivity index (χ2v) is 5.04. The molecule has 0 saturated carbocycles. The molecule has 0 radical (unpaired) electrons. The van der Waals surface area contributed by atoms with E-state index >= 15 is 0 Å². The Labute approximate surface area is 126 Å². The first-order chi connectivity index (χ1) is 10.6. The zero-order chi connectivity index (χ0) is 15.5. The lowest BCUT2D eigenvalue weighted by Crippen LogP contribution is -2.21. The van der Waals surface area contributed by atoms with Crippen molar-refractivity contribution >= 4 is 17.4 Å². The van der Waals surface area contributed by atoms with Crippen LogP contribution in [0.3, 0.4) is 0 Å². The number of carbonyl (C=O) groups excluding carboxylic acids is 1. The van der Waals surface area contributed by atoms with E-state index in [1.807, 2.05) is 0 Å². The maximum atomic E-state index is 13.1. The fourth-order valence-corrected chi connectivity index (χ4v) is 2.36. The van der Waals surface area contributed by atoms with Gasteiger partial charge in [-0.1, -0.05) is 0 Å². The molecule has 0 bridgehead atoms. The summed E-state index contributed by atoms with van der Waals surface area (Å²) in [4.78, 5) is 22.3. The number of halogens is 2. The number of carbonyl (C=O) groups is 1. The SMILES string of the molecule is O=C(Nc1ccc(F)c(F)c1)c1cc(N2CCCC2)ncn1. The Morgan fingerprint density at radius 1 is 1.09 bits per heavy atom. The summed E-state index contributed by atoms with van der Waals surface area (Å²) in [6, 6.07) is 4.77. The van der Waals surface area contributed by atoms with Gasteiger partial charge in [0.05, 0.1) is 0 Å². The third kappa shape index (κ3) is 3.03. The number of anilines is 2. The van der Waals surface area contributed by atoms with Crippen molar-refractivity contribution in [2.45, 2.75) is 12.8 Å². The van der Waals surface area contributed by atoms with Crippen molar-refractivity contribution in [2.24, 2.45) is 0 Å². The topological polar surface area (TPSA) is 58.1 Å². The molecule has 22 heavy (non-hydrogen) atoms. The number of benzene rings is 1. The molecule has 1 saturated heterocycles. The first-order valence-corrected chi connectivity index (χ1v) is 6.97. The minimum atomic E-state index is -1.02. The third-order valence-corrected chi connectivity index (χ3v) is 3.49. The Kier molecular flexibility index (Phi) is 3.95. The van der Waals surface area contributed by atoms with E-state index in [0.29, 0.717) is 5.82 Å². The predicted molar refractivity (Wildman–Crippen MR) is 77.8 cm³/mol. The highest BCUT2D eigenvalue weighted by molar-refractivity contribution is 6.03. The summed E-state index contributed by atoms with van der Waals surface area (Å²) in [5.74, 6) is -1.77. The molecule has 1 fully saturated rings. The lowest BCUT2D eigenvalue weighted by Gasteiger charge is -2.16. The van der Waals surface area contributed by atoms with E-state index in [2.05, 4.69) is 20.2 Å². The minimum Gasteiger partial charge on any atom is -0.357 e. The molecule has 1 aromatic carbocycles. The second-order valence-electron chi connectivity index (χ2n) is 5.04. The Hall–Kier alpha value is -2.57. The van der Waals surface area contributed by atoms with Gasteiger partial charge in [0.2, 0.25) is 0 Å².